The number of unbranched alkanes of at least 4 members (excludes halogenated alkanes) is 2. The number of hydrogen-bond acceptors (Lipinski definition) is 10. The number of esters is 1. The lowest BCUT2D eigenvalue weighted by Gasteiger charge is -2.20. The molecule has 0 bridgehead atoms. The van der Waals surface area contributed by atoms with Crippen molar-refractivity contribution in [1.29, 1.82) is 0 Å². The molecule has 4 rings (SSSR count). The van der Waals surface area contributed by atoms with Crippen LogP contribution in [0, 0.1) is 0 Å². The Balaban J connectivity index is 1.38. The van der Waals surface area contributed by atoms with Crippen LogP contribution in [0.4, 0.5) is 0 Å². The van der Waals surface area contributed by atoms with Crippen LogP contribution in [-0.2, 0) is 40.8 Å². The molecule has 47 heavy (non-hydrogen) atoms. The van der Waals surface area contributed by atoms with Crippen LogP contribution in [0.15, 0.2) is 76.1 Å². The molecule has 3 aromatic rings. The third kappa shape index (κ3) is 9.31. The number of phenolic OH excluding ortho intramolecular Hbond substituents is 1. The van der Waals surface area contributed by atoms with Crippen molar-refractivity contribution >= 4 is 53.8 Å². The number of rotatable bonds is 15. The zero-order valence-electron chi connectivity index (χ0n) is 25.3. The molecule has 0 aromatic heterocycles. The molecule has 16 heteroatoms. The second-order valence-corrected chi connectivity index (χ2v) is 15.1. The first kappa shape index (κ1) is 35.9. The second-order valence-electron chi connectivity index (χ2n) is 10.7. The van der Waals surface area contributed by atoms with E-state index >= 15 is 0 Å². The van der Waals surface area contributed by atoms with Gasteiger partial charge in [0.2, 0.25) is 31.9 Å². The summed E-state index contributed by atoms with van der Waals surface area (Å²) in [6.07, 6.45) is 1.46. The third-order valence-corrected chi connectivity index (χ3v) is 11.1. The van der Waals surface area contributed by atoms with E-state index in [1.54, 1.807) is 42.5 Å². The zero-order valence-corrected chi connectivity index (χ0v) is 28.5. The molecule has 2 amide bonds. The SMILES string of the molecule is COC(=O)c1c(O)cccc1OCCCCCNC(=O)C(Cc1ccc(C2CC(=O)NS2(=O)=O)c(Br)c1)NS(=O)(=O)c1ccccc1. The molecule has 0 saturated carbocycles. The summed E-state index contributed by atoms with van der Waals surface area (Å²) in [6.45, 7) is 0.475. The number of halogens is 1. The van der Waals surface area contributed by atoms with Crippen LogP contribution in [0.5, 0.6) is 11.5 Å². The smallest absolute Gasteiger partial charge is 0.345 e. The number of hydrogen-bond donors (Lipinski definition) is 4. The van der Waals surface area contributed by atoms with E-state index in [2.05, 4.69) is 26.0 Å². The maximum atomic E-state index is 13.3. The van der Waals surface area contributed by atoms with Crippen molar-refractivity contribution in [3.63, 3.8) is 0 Å². The number of benzene rings is 3. The highest BCUT2D eigenvalue weighted by Crippen LogP contribution is 2.35. The predicted molar refractivity (Wildman–Crippen MR) is 175 cm³/mol. The van der Waals surface area contributed by atoms with Crippen molar-refractivity contribution in [3.05, 3.63) is 87.9 Å². The Labute approximate surface area is 281 Å². The van der Waals surface area contributed by atoms with Crippen molar-refractivity contribution in [2.45, 2.75) is 48.3 Å². The first-order valence-electron chi connectivity index (χ1n) is 14.5. The van der Waals surface area contributed by atoms with Crippen LogP contribution in [0.3, 0.4) is 0 Å². The lowest BCUT2D eigenvalue weighted by molar-refractivity contribution is -0.122. The number of amides is 2. The summed E-state index contributed by atoms with van der Waals surface area (Å²) in [7, 11) is -6.75. The average Bonchev–Trinajstić information content (AvgIpc) is 3.31. The Morgan fingerprint density at radius 1 is 1.06 bits per heavy atom. The van der Waals surface area contributed by atoms with Gasteiger partial charge in [-0.15, -0.1) is 0 Å². The Kier molecular flexibility index (Phi) is 12.0. The van der Waals surface area contributed by atoms with Crippen LogP contribution >= 0.6 is 15.9 Å². The van der Waals surface area contributed by atoms with Gasteiger partial charge in [0.1, 0.15) is 28.4 Å². The molecule has 252 valence electrons. The maximum Gasteiger partial charge on any atom is 0.345 e. The number of aromatic hydroxyl groups is 1. The summed E-state index contributed by atoms with van der Waals surface area (Å²) in [4.78, 5) is 37.0. The van der Waals surface area contributed by atoms with Gasteiger partial charge in [-0.2, -0.15) is 4.72 Å². The minimum Gasteiger partial charge on any atom is -0.507 e. The first-order valence-corrected chi connectivity index (χ1v) is 18.4. The van der Waals surface area contributed by atoms with Gasteiger partial charge in [0, 0.05) is 11.0 Å². The fourth-order valence-electron chi connectivity index (χ4n) is 4.93. The summed E-state index contributed by atoms with van der Waals surface area (Å²) < 4.78 is 66.2. The molecule has 2 unspecified atom stereocenters. The summed E-state index contributed by atoms with van der Waals surface area (Å²) in [5.74, 6) is -1.95. The molecule has 1 aliphatic heterocycles. The van der Waals surface area contributed by atoms with Crippen molar-refractivity contribution in [2.24, 2.45) is 0 Å². The number of carbonyl (C=O) groups is 3. The highest BCUT2D eigenvalue weighted by Gasteiger charge is 2.39. The molecule has 3 aromatic carbocycles. The Morgan fingerprint density at radius 3 is 2.47 bits per heavy atom. The lowest BCUT2D eigenvalue weighted by Crippen LogP contribution is -2.48. The minimum absolute atomic E-state index is 0.0139. The van der Waals surface area contributed by atoms with E-state index in [-0.39, 0.29) is 48.0 Å². The van der Waals surface area contributed by atoms with Gasteiger partial charge >= 0.3 is 5.97 Å². The number of carbonyl (C=O) groups excluding carboxylic acids is 3. The number of sulfonamides is 2. The Hall–Kier alpha value is -3.99. The molecule has 2 atom stereocenters. The van der Waals surface area contributed by atoms with E-state index in [1.165, 1.54) is 31.4 Å². The number of methoxy groups -OCH3 is 1. The van der Waals surface area contributed by atoms with E-state index in [0.29, 0.717) is 34.9 Å². The van der Waals surface area contributed by atoms with Crippen LogP contribution in [0.2, 0.25) is 0 Å². The lowest BCUT2D eigenvalue weighted by atomic mass is 10.0. The second kappa shape index (κ2) is 15.7. The van der Waals surface area contributed by atoms with Gasteiger partial charge in [-0.1, -0.05) is 52.3 Å². The van der Waals surface area contributed by atoms with Crippen LogP contribution in [0.1, 0.15) is 52.4 Å². The van der Waals surface area contributed by atoms with Crippen molar-refractivity contribution in [1.82, 2.24) is 14.8 Å². The minimum atomic E-state index is -4.08. The summed E-state index contributed by atoms with van der Waals surface area (Å²) in [5, 5.41) is 11.7. The van der Waals surface area contributed by atoms with Gasteiger partial charge in [-0.3, -0.25) is 14.3 Å². The maximum absolute atomic E-state index is 13.3. The summed E-state index contributed by atoms with van der Waals surface area (Å²) in [6, 6.07) is 15.6. The van der Waals surface area contributed by atoms with E-state index in [0.717, 1.165) is 0 Å². The molecular formula is C31H34BrN3O10S2. The zero-order chi connectivity index (χ0) is 34.2. The quantitative estimate of drug-likeness (QED) is 0.132. The largest absolute Gasteiger partial charge is 0.507 e. The number of ether oxygens (including phenoxy) is 2. The molecular weight excluding hydrogens is 718 g/mol. The molecule has 0 spiro atoms. The van der Waals surface area contributed by atoms with E-state index in [4.69, 9.17) is 9.47 Å². The standard InChI is InChI=1S/C31H34BrN3O10S2/c1-44-31(39)29-25(36)11-8-12-26(29)45-16-7-3-6-15-33-30(38)24(34-46(40,41)21-9-4-2-5-10-21)18-20-13-14-22(23(32)17-20)27-19-28(37)35-47(27,42)43/h2,4-5,8-14,17,24,27,34,36H,3,6-7,15-16,18-19H2,1H3,(H,33,38)(H,35,37). The summed E-state index contributed by atoms with van der Waals surface area (Å²) >= 11 is 3.37. The van der Waals surface area contributed by atoms with Gasteiger partial charge in [-0.05, 0) is 67.1 Å². The number of nitrogens with one attached hydrogen (secondary N) is 3. The topological polar surface area (TPSA) is 194 Å². The average molecular weight is 753 g/mol. The van der Waals surface area contributed by atoms with E-state index in [1.807, 2.05) is 4.72 Å². The van der Waals surface area contributed by atoms with Gasteiger partial charge in [0.05, 0.1) is 25.0 Å². The number of phenols is 1. The van der Waals surface area contributed by atoms with E-state index in [9.17, 15) is 36.3 Å². The van der Waals surface area contributed by atoms with Crippen LogP contribution in [-0.4, -0.2) is 66.0 Å². The fourth-order valence-corrected chi connectivity index (χ4v) is 8.46. The van der Waals surface area contributed by atoms with Crippen LogP contribution in [0.25, 0.3) is 0 Å². The molecule has 1 aliphatic rings. The van der Waals surface area contributed by atoms with Gasteiger partial charge in [-0.25, -0.2) is 21.6 Å². The van der Waals surface area contributed by atoms with Crippen molar-refractivity contribution in [2.75, 3.05) is 20.3 Å². The summed E-state index contributed by atoms with van der Waals surface area (Å²) in [5.41, 5.74) is 0.845. The Bertz CT molecular complexity index is 1840. The normalized spacial score (nSPS) is 16.2. The van der Waals surface area contributed by atoms with Crippen LogP contribution < -0.4 is 19.5 Å². The van der Waals surface area contributed by atoms with E-state index < -0.39 is 49.1 Å². The van der Waals surface area contributed by atoms with Gasteiger partial charge in [0.25, 0.3) is 0 Å². The molecule has 1 fully saturated rings. The molecule has 1 saturated heterocycles. The van der Waals surface area contributed by atoms with Crippen molar-refractivity contribution < 1.29 is 45.8 Å². The monoisotopic (exact) mass is 751 g/mol. The molecule has 1 heterocycles. The Morgan fingerprint density at radius 2 is 1.81 bits per heavy atom. The first-order chi connectivity index (χ1) is 22.3. The fraction of sp³-hybridized carbons (Fsp3) is 0.323. The molecule has 0 radical (unpaired) electrons. The van der Waals surface area contributed by atoms with Gasteiger partial charge < -0.3 is 19.9 Å². The van der Waals surface area contributed by atoms with Gasteiger partial charge in [0.15, 0.2) is 0 Å². The molecule has 4 N–H and O–H groups in total. The highest BCUT2D eigenvalue weighted by atomic mass is 79.9. The predicted octanol–water partition coefficient (Wildman–Crippen LogP) is 3.09. The highest BCUT2D eigenvalue weighted by molar-refractivity contribution is 9.10. The molecule has 13 nitrogen and oxygen atoms in total. The van der Waals surface area contributed by atoms with Crippen molar-refractivity contribution in [3.8, 4) is 11.5 Å². The third-order valence-electron chi connectivity index (χ3n) is 7.29. The molecule has 0 aliphatic carbocycles.